The molecule has 3 rings (SSSR count). The third-order valence-corrected chi connectivity index (χ3v) is 5.17. The maximum atomic E-state index is 11.5. The highest BCUT2D eigenvalue weighted by atomic mass is 32.1. The molecule has 0 aliphatic rings. The number of methoxy groups -OCH3 is 2. The van der Waals surface area contributed by atoms with Crippen molar-refractivity contribution in [3.05, 3.63) is 74.8 Å². The summed E-state index contributed by atoms with van der Waals surface area (Å²) in [6.45, 7) is 0. The minimum Gasteiger partial charge on any atom is -0.497 e. The number of carbonyl (C=O) groups is 1. The third-order valence-electron chi connectivity index (χ3n) is 4.13. The Morgan fingerprint density at radius 2 is 1.83 bits per heavy atom. The van der Waals surface area contributed by atoms with Gasteiger partial charge in [0.1, 0.15) is 16.8 Å². The summed E-state index contributed by atoms with van der Waals surface area (Å²) in [5.74, 6) is 0.149. The molecule has 0 N–H and O–H groups in total. The number of thiazole rings is 1. The van der Waals surface area contributed by atoms with Crippen LogP contribution < -0.4 is 4.74 Å². The maximum Gasteiger partial charge on any atom is 0.352 e. The van der Waals surface area contributed by atoms with Crippen molar-refractivity contribution in [3.8, 4) is 23.1 Å². The average Bonchev–Trinajstić information content (AvgIpc) is 3.23. The van der Waals surface area contributed by atoms with Crippen LogP contribution in [0.4, 0.5) is 5.00 Å². The molecule has 150 valence electrons. The van der Waals surface area contributed by atoms with Crippen molar-refractivity contribution in [2.24, 2.45) is 0 Å². The van der Waals surface area contributed by atoms with Gasteiger partial charge in [-0.05, 0) is 59.4 Å². The Bertz CT molecular complexity index is 1160. The Labute approximate surface area is 175 Å². The van der Waals surface area contributed by atoms with E-state index in [1.807, 2.05) is 6.07 Å². The molecule has 0 saturated heterocycles. The second-order valence-corrected chi connectivity index (χ2v) is 6.92. The van der Waals surface area contributed by atoms with Crippen molar-refractivity contribution >= 4 is 34.0 Å². The Morgan fingerprint density at radius 1 is 1.17 bits per heavy atom. The summed E-state index contributed by atoms with van der Waals surface area (Å²) in [6.07, 6.45) is 1.56. The van der Waals surface area contributed by atoms with Crippen LogP contribution in [0.5, 0.6) is 5.75 Å². The number of nitrogens with zero attached hydrogens (tertiary/aromatic N) is 3. The number of rotatable bonds is 6. The van der Waals surface area contributed by atoms with Crippen LogP contribution in [0.1, 0.15) is 20.9 Å². The van der Waals surface area contributed by atoms with Gasteiger partial charge >= 0.3 is 11.0 Å². The van der Waals surface area contributed by atoms with E-state index in [0.717, 1.165) is 11.3 Å². The van der Waals surface area contributed by atoms with Crippen LogP contribution >= 0.6 is 11.3 Å². The molecule has 1 heterocycles. The van der Waals surface area contributed by atoms with Crippen LogP contribution in [0.25, 0.3) is 22.9 Å². The molecular formula is C21H15N3O5S. The van der Waals surface area contributed by atoms with Crippen molar-refractivity contribution in [1.82, 2.24) is 4.98 Å². The van der Waals surface area contributed by atoms with E-state index >= 15 is 0 Å². The van der Waals surface area contributed by atoms with Crippen LogP contribution in [-0.2, 0) is 4.74 Å². The summed E-state index contributed by atoms with van der Waals surface area (Å²) in [5, 5.41) is 21.2. The molecule has 0 spiro atoms. The van der Waals surface area contributed by atoms with Gasteiger partial charge in [0.2, 0.25) is 0 Å². The fraction of sp³-hybridized carbons (Fsp3) is 0.0952. The second kappa shape index (κ2) is 8.98. The molecule has 30 heavy (non-hydrogen) atoms. The molecule has 9 heteroatoms. The molecular weight excluding hydrogens is 406 g/mol. The zero-order valence-electron chi connectivity index (χ0n) is 16.0. The standard InChI is InChI=1S/C21H15N3O5S/c1-28-17-9-7-14(8-10-17)18-20(24(26)27)30-19(23-18)16(12-22)11-13-3-5-15(6-4-13)21(25)29-2/h3-11H,1-2H3/b16-11+. The SMILES string of the molecule is COC(=O)c1ccc(/C=C(\C#N)c2nc(-c3ccc(OC)cc3)c([N+](=O)[O-])s2)cc1. The lowest BCUT2D eigenvalue weighted by atomic mass is 10.1. The molecule has 0 bridgehead atoms. The number of nitro groups is 1. The van der Waals surface area contributed by atoms with Gasteiger partial charge in [-0.25, -0.2) is 9.78 Å². The lowest BCUT2D eigenvalue weighted by Crippen LogP contribution is -2.00. The Kier molecular flexibility index (Phi) is 6.20. The molecule has 0 fully saturated rings. The normalized spacial score (nSPS) is 10.9. The second-order valence-electron chi connectivity index (χ2n) is 5.94. The summed E-state index contributed by atoms with van der Waals surface area (Å²) < 4.78 is 9.76. The van der Waals surface area contributed by atoms with E-state index in [2.05, 4.69) is 9.72 Å². The summed E-state index contributed by atoms with van der Waals surface area (Å²) in [7, 11) is 2.82. The highest BCUT2D eigenvalue weighted by Gasteiger charge is 2.24. The van der Waals surface area contributed by atoms with Gasteiger partial charge in [-0.15, -0.1) is 0 Å². The van der Waals surface area contributed by atoms with Gasteiger partial charge in [-0.2, -0.15) is 5.26 Å². The van der Waals surface area contributed by atoms with Gasteiger partial charge in [-0.3, -0.25) is 10.1 Å². The first-order valence-electron chi connectivity index (χ1n) is 8.57. The van der Waals surface area contributed by atoms with E-state index in [-0.39, 0.29) is 21.3 Å². The van der Waals surface area contributed by atoms with E-state index in [0.29, 0.717) is 22.4 Å². The van der Waals surface area contributed by atoms with Gasteiger partial charge in [0.25, 0.3) is 0 Å². The maximum absolute atomic E-state index is 11.5. The van der Waals surface area contributed by atoms with Gasteiger partial charge in [-0.1, -0.05) is 12.1 Å². The van der Waals surface area contributed by atoms with E-state index in [1.165, 1.54) is 14.2 Å². The number of benzene rings is 2. The average molecular weight is 421 g/mol. The fourth-order valence-electron chi connectivity index (χ4n) is 2.63. The van der Waals surface area contributed by atoms with Gasteiger partial charge in [0, 0.05) is 5.56 Å². The van der Waals surface area contributed by atoms with E-state index < -0.39 is 10.9 Å². The number of hydrogen-bond acceptors (Lipinski definition) is 8. The first-order valence-corrected chi connectivity index (χ1v) is 9.38. The third kappa shape index (κ3) is 4.34. The molecule has 3 aromatic rings. The monoisotopic (exact) mass is 421 g/mol. The Balaban J connectivity index is 2.00. The van der Waals surface area contributed by atoms with Crippen molar-refractivity contribution in [2.75, 3.05) is 14.2 Å². The summed E-state index contributed by atoms with van der Waals surface area (Å²) in [5.41, 5.74) is 1.92. The Hall–Kier alpha value is -4.03. The molecule has 2 aromatic carbocycles. The van der Waals surface area contributed by atoms with Crippen LogP contribution in [-0.4, -0.2) is 30.1 Å². The number of esters is 1. The van der Waals surface area contributed by atoms with Crippen LogP contribution in [0, 0.1) is 21.4 Å². The van der Waals surface area contributed by atoms with E-state index in [9.17, 15) is 20.2 Å². The number of aromatic nitrogens is 1. The van der Waals surface area contributed by atoms with Crippen molar-refractivity contribution < 1.29 is 19.2 Å². The molecule has 0 radical (unpaired) electrons. The van der Waals surface area contributed by atoms with E-state index in [4.69, 9.17) is 4.74 Å². The lowest BCUT2D eigenvalue weighted by Gasteiger charge is -2.01. The zero-order valence-corrected chi connectivity index (χ0v) is 16.8. The number of hydrogen-bond donors (Lipinski definition) is 0. The molecule has 0 aliphatic heterocycles. The molecule has 0 unspecified atom stereocenters. The predicted molar refractivity (Wildman–Crippen MR) is 112 cm³/mol. The van der Waals surface area contributed by atoms with Crippen LogP contribution in [0.15, 0.2) is 48.5 Å². The lowest BCUT2D eigenvalue weighted by molar-refractivity contribution is -0.379. The first-order chi connectivity index (χ1) is 14.5. The van der Waals surface area contributed by atoms with E-state index in [1.54, 1.807) is 54.6 Å². The number of allylic oxidation sites excluding steroid dienone is 1. The molecule has 0 saturated carbocycles. The molecule has 0 amide bonds. The molecule has 0 atom stereocenters. The van der Waals surface area contributed by atoms with Crippen LogP contribution in [0.3, 0.4) is 0 Å². The van der Waals surface area contributed by atoms with Crippen molar-refractivity contribution in [3.63, 3.8) is 0 Å². The highest BCUT2D eigenvalue weighted by molar-refractivity contribution is 7.16. The number of carbonyl (C=O) groups excluding carboxylic acids is 1. The molecule has 1 aromatic heterocycles. The summed E-state index contributed by atoms with van der Waals surface area (Å²) >= 11 is 0.830. The summed E-state index contributed by atoms with van der Waals surface area (Å²) in [4.78, 5) is 26.9. The van der Waals surface area contributed by atoms with Crippen molar-refractivity contribution in [2.45, 2.75) is 0 Å². The number of ether oxygens (including phenoxy) is 2. The first kappa shape index (κ1) is 20.7. The van der Waals surface area contributed by atoms with Crippen LogP contribution in [0.2, 0.25) is 0 Å². The topological polar surface area (TPSA) is 115 Å². The van der Waals surface area contributed by atoms with Gasteiger partial charge in [0.05, 0.1) is 30.3 Å². The predicted octanol–water partition coefficient (Wildman–Crippen LogP) is 4.58. The van der Waals surface area contributed by atoms with Gasteiger partial charge < -0.3 is 9.47 Å². The molecule has 8 nitrogen and oxygen atoms in total. The number of nitriles is 1. The van der Waals surface area contributed by atoms with Crippen molar-refractivity contribution in [1.29, 1.82) is 5.26 Å². The minimum absolute atomic E-state index is 0.155. The van der Waals surface area contributed by atoms with Gasteiger partial charge in [0.15, 0.2) is 5.69 Å². The Morgan fingerprint density at radius 3 is 2.37 bits per heavy atom. The zero-order chi connectivity index (χ0) is 21.7. The minimum atomic E-state index is -0.513. The largest absolute Gasteiger partial charge is 0.497 e. The smallest absolute Gasteiger partial charge is 0.352 e. The fourth-order valence-corrected chi connectivity index (χ4v) is 3.50. The molecule has 0 aliphatic carbocycles. The summed E-state index contributed by atoms with van der Waals surface area (Å²) in [6, 6.07) is 15.2. The highest BCUT2D eigenvalue weighted by Crippen LogP contribution is 2.38. The quantitative estimate of drug-likeness (QED) is 0.248.